The van der Waals surface area contributed by atoms with Gasteiger partial charge in [-0.1, -0.05) is 11.6 Å². The molecule has 82 valence electrons. The molecule has 0 atom stereocenters. The molecule has 0 heterocycles. The Kier molecular flexibility index (Phi) is 4.37. The first-order valence-corrected chi connectivity index (χ1v) is 4.85. The van der Waals surface area contributed by atoms with Gasteiger partial charge in [-0.3, -0.25) is 9.80 Å². The van der Waals surface area contributed by atoms with Gasteiger partial charge in [-0.25, -0.2) is 0 Å². The van der Waals surface area contributed by atoms with Crippen LogP contribution in [0.2, 0.25) is 5.02 Å². The van der Waals surface area contributed by atoms with E-state index in [9.17, 15) is 4.39 Å². The van der Waals surface area contributed by atoms with Gasteiger partial charge in [-0.05, 0) is 18.2 Å². The van der Waals surface area contributed by atoms with Gasteiger partial charge < -0.3 is 10.5 Å². The number of nitrogen functional groups attached to an aromatic ring is 1. The SMILES string of the molecule is N=C(N)c1ccc(Cl)cc1OCCCF. The van der Waals surface area contributed by atoms with Gasteiger partial charge >= 0.3 is 0 Å². The largest absolute Gasteiger partial charge is 0.493 e. The lowest BCUT2D eigenvalue weighted by atomic mass is 10.2. The van der Waals surface area contributed by atoms with Crippen molar-refractivity contribution in [3.05, 3.63) is 28.8 Å². The summed E-state index contributed by atoms with van der Waals surface area (Å²) in [6.07, 6.45) is 0.309. The van der Waals surface area contributed by atoms with Crippen molar-refractivity contribution in [2.75, 3.05) is 13.3 Å². The Hall–Kier alpha value is -1.29. The van der Waals surface area contributed by atoms with Crippen LogP contribution in [0.25, 0.3) is 0 Å². The van der Waals surface area contributed by atoms with Crippen molar-refractivity contribution >= 4 is 17.4 Å². The summed E-state index contributed by atoms with van der Waals surface area (Å²) in [5, 5.41) is 7.80. The summed E-state index contributed by atoms with van der Waals surface area (Å²) >= 11 is 5.77. The number of alkyl halides is 1. The maximum absolute atomic E-state index is 11.9. The van der Waals surface area contributed by atoms with Crippen LogP contribution in [0, 0.1) is 5.41 Å². The Morgan fingerprint density at radius 3 is 2.87 bits per heavy atom. The second-order valence-electron chi connectivity index (χ2n) is 2.95. The van der Waals surface area contributed by atoms with Crippen LogP contribution in [-0.2, 0) is 0 Å². The second-order valence-corrected chi connectivity index (χ2v) is 3.38. The summed E-state index contributed by atoms with van der Waals surface area (Å²) in [7, 11) is 0. The molecule has 1 rings (SSSR count). The molecule has 5 heteroatoms. The lowest BCUT2D eigenvalue weighted by Gasteiger charge is -2.10. The molecule has 0 fully saturated rings. The van der Waals surface area contributed by atoms with Crippen LogP contribution >= 0.6 is 11.6 Å². The van der Waals surface area contributed by atoms with Crippen molar-refractivity contribution in [2.45, 2.75) is 6.42 Å². The van der Waals surface area contributed by atoms with Crippen molar-refractivity contribution in [3.8, 4) is 5.75 Å². The van der Waals surface area contributed by atoms with Gasteiger partial charge in [0.05, 0.1) is 18.8 Å². The maximum Gasteiger partial charge on any atom is 0.131 e. The minimum absolute atomic E-state index is 0.0954. The third-order valence-corrected chi connectivity index (χ3v) is 2.00. The maximum atomic E-state index is 11.9. The number of nitrogens with two attached hydrogens (primary N) is 1. The average Bonchev–Trinajstić information content (AvgIpc) is 2.18. The van der Waals surface area contributed by atoms with E-state index in [1.807, 2.05) is 0 Å². The van der Waals surface area contributed by atoms with Crippen LogP contribution in [0.4, 0.5) is 4.39 Å². The molecule has 0 radical (unpaired) electrons. The minimum atomic E-state index is -0.435. The number of rotatable bonds is 5. The first kappa shape index (κ1) is 11.8. The number of halogens is 2. The summed E-state index contributed by atoms with van der Waals surface area (Å²) < 4.78 is 17.1. The van der Waals surface area contributed by atoms with Gasteiger partial charge in [-0.2, -0.15) is 0 Å². The van der Waals surface area contributed by atoms with E-state index < -0.39 is 6.67 Å². The third-order valence-electron chi connectivity index (χ3n) is 1.77. The second kappa shape index (κ2) is 5.56. The van der Waals surface area contributed by atoms with Crippen LogP contribution in [0.15, 0.2) is 18.2 Å². The van der Waals surface area contributed by atoms with E-state index in [2.05, 4.69) is 0 Å². The predicted octanol–water partition coefficient (Wildman–Crippen LogP) is 2.36. The number of amidine groups is 1. The molecule has 0 unspecified atom stereocenters. The lowest BCUT2D eigenvalue weighted by molar-refractivity contribution is 0.289. The third kappa shape index (κ3) is 3.40. The average molecular weight is 231 g/mol. The number of nitrogens with one attached hydrogen (secondary N) is 1. The van der Waals surface area contributed by atoms with E-state index in [4.69, 9.17) is 27.5 Å². The van der Waals surface area contributed by atoms with E-state index in [1.54, 1.807) is 18.2 Å². The normalized spacial score (nSPS) is 10.0. The minimum Gasteiger partial charge on any atom is -0.493 e. The van der Waals surface area contributed by atoms with Crippen molar-refractivity contribution in [2.24, 2.45) is 5.73 Å². The van der Waals surface area contributed by atoms with Gasteiger partial charge in [0.1, 0.15) is 11.6 Å². The summed E-state index contributed by atoms with van der Waals surface area (Å²) in [6.45, 7) is -0.187. The van der Waals surface area contributed by atoms with Crippen LogP contribution in [-0.4, -0.2) is 19.1 Å². The van der Waals surface area contributed by atoms with Crippen LogP contribution in [0.3, 0.4) is 0 Å². The molecule has 0 saturated carbocycles. The summed E-state index contributed by atoms with van der Waals surface area (Å²) in [5.41, 5.74) is 5.83. The molecule has 0 spiro atoms. The highest BCUT2D eigenvalue weighted by atomic mass is 35.5. The fraction of sp³-hybridized carbons (Fsp3) is 0.300. The van der Waals surface area contributed by atoms with Gasteiger partial charge in [0.2, 0.25) is 0 Å². The van der Waals surface area contributed by atoms with Crippen molar-refractivity contribution in [1.29, 1.82) is 5.41 Å². The Morgan fingerprint density at radius 1 is 1.53 bits per heavy atom. The molecule has 0 aliphatic carbocycles. The summed E-state index contributed by atoms with van der Waals surface area (Å²) in [5.74, 6) is 0.324. The lowest BCUT2D eigenvalue weighted by Crippen LogP contribution is -2.13. The van der Waals surface area contributed by atoms with Crippen molar-refractivity contribution in [1.82, 2.24) is 0 Å². The quantitative estimate of drug-likeness (QED) is 0.464. The number of benzene rings is 1. The number of hydrogen-bond acceptors (Lipinski definition) is 2. The molecular weight excluding hydrogens is 219 g/mol. The van der Waals surface area contributed by atoms with Gasteiger partial charge in [-0.15, -0.1) is 0 Å². The van der Waals surface area contributed by atoms with E-state index >= 15 is 0 Å². The molecule has 0 saturated heterocycles. The molecule has 15 heavy (non-hydrogen) atoms. The standard InChI is InChI=1S/C10H12ClFN2O/c11-7-2-3-8(10(13)14)9(6-7)15-5-1-4-12/h2-3,6H,1,4-5H2,(H3,13,14). The molecule has 0 aliphatic heterocycles. The highest BCUT2D eigenvalue weighted by Gasteiger charge is 2.07. The fourth-order valence-electron chi connectivity index (χ4n) is 1.07. The summed E-state index contributed by atoms with van der Waals surface area (Å²) in [4.78, 5) is 0. The Labute approximate surface area is 92.5 Å². The highest BCUT2D eigenvalue weighted by molar-refractivity contribution is 6.30. The van der Waals surface area contributed by atoms with Crippen LogP contribution < -0.4 is 10.5 Å². The zero-order chi connectivity index (χ0) is 11.3. The van der Waals surface area contributed by atoms with Crippen LogP contribution in [0.1, 0.15) is 12.0 Å². The first-order chi connectivity index (χ1) is 7.15. The molecule has 3 N–H and O–H groups in total. The number of ether oxygens (including phenoxy) is 1. The molecule has 0 aromatic heterocycles. The first-order valence-electron chi connectivity index (χ1n) is 4.48. The predicted molar refractivity (Wildman–Crippen MR) is 58.6 cm³/mol. The van der Waals surface area contributed by atoms with Crippen molar-refractivity contribution < 1.29 is 9.13 Å². The van der Waals surface area contributed by atoms with E-state index in [1.165, 1.54) is 0 Å². The highest BCUT2D eigenvalue weighted by Crippen LogP contribution is 2.23. The molecule has 3 nitrogen and oxygen atoms in total. The Bertz CT molecular complexity index is 357. The van der Waals surface area contributed by atoms with Crippen LogP contribution in [0.5, 0.6) is 5.75 Å². The van der Waals surface area contributed by atoms with Gasteiger partial charge in [0.25, 0.3) is 0 Å². The molecule has 0 bridgehead atoms. The number of hydrogen-bond donors (Lipinski definition) is 2. The molecule has 0 aliphatic rings. The van der Waals surface area contributed by atoms with E-state index in [0.29, 0.717) is 22.8 Å². The molecule has 1 aromatic carbocycles. The van der Waals surface area contributed by atoms with Gasteiger partial charge in [0, 0.05) is 11.4 Å². The van der Waals surface area contributed by atoms with E-state index in [0.717, 1.165) is 0 Å². The summed E-state index contributed by atoms with van der Waals surface area (Å²) in [6, 6.07) is 4.80. The monoisotopic (exact) mass is 230 g/mol. The molecule has 0 amide bonds. The fourth-order valence-corrected chi connectivity index (χ4v) is 1.24. The van der Waals surface area contributed by atoms with Gasteiger partial charge in [0.15, 0.2) is 0 Å². The van der Waals surface area contributed by atoms with E-state index in [-0.39, 0.29) is 12.4 Å². The molecule has 1 aromatic rings. The molecular formula is C10H12ClFN2O. The topological polar surface area (TPSA) is 59.1 Å². The zero-order valence-electron chi connectivity index (χ0n) is 8.09. The Balaban J connectivity index is 2.82. The smallest absolute Gasteiger partial charge is 0.131 e. The zero-order valence-corrected chi connectivity index (χ0v) is 8.85. The van der Waals surface area contributed by atoms with Crippen molar-refractivity contribution in [3.63, 3.8) is 0 Å². The Morgan fingerprint density at radius 2 is 2.27 bits per heavy atom.